The fourth-order valence-corrected chi connectivity index (χ4v) is 12.5. The normalized spacial score (nSPS) is 20.6. The SMILES string of the molecule is CCC(C)C(=O)OC(OC1CCCCC1)C(C)C.CCC(C)C(=O)OC1C2CC3C(=O)OC1C3C2.CCC(C)c1ccc(OCCCOc2ccc(S(=O)(=O)[O-])cc2)cc1.c1ccc([S+](c2ccccc2)c2ccccc2)cc1. The fourth-order valence-electron chi connectivity index (χ4n) is 9.94. The predicted octanol–water partition coefficient (Wildman–Crippen LogP) is 14.2. The number of rotatable bonds is 21. The largest absolute Gasteiger partial charge is 0.744 e. The molecule has 12 nitrogen and oxygen atoms in total. The molecule has 79 heavy (non-hydrogen) atoms. The zero-order chi connectivity index (χ0) is 56.9. The topological polar surface area (TPSA) is 164 Å². The Labute approximate surface area is 473 Å². The number of carbonyl (C=O) groups excluding carboxylic acids is 3. The van der Waals surface area contributed by atoms with Crippen molar-refractivity contribution in [3.63, 3.8) is 0 Å². The minimum atomic E-state index is -4.42. The van der Waals surface area contributed by atoms with Gasteiger partial charge in [0.15, 0.2) is 14.7 Å². The van der Waals surface area contributed by atoms with E-state index in [2.05, 4.69) is 117 Å². The number of ether oxygens (including phenoxy) is 6. The van der Waals surface area contributed by atoms with Crippen molar-refractivity contribution >= 4 is 38.9 Å². The van der Waals surface area contributed by atoms with Gasteiger partial charge < -0.3 is 33.0 Å². The highest BCUT2D eigenvalue weighted by Crippen LogP contribution is 2.55. The molecule has 3 saturated carbocycles. The highest BCUT2D eigenvalue weighted by Gasteiger charge is 2.63. The summed E-state index contributed by atoms with van der Waals surface area (Å²) in [5.74, 6) is 2.37. The van der Waals surface area contributed by atoms with Crippen LogP contribution in [-0.4, -0.2) is 68.7 Å². The Morgan fingerprint density at radius 2 is 1.14 bits per heavy atom. The predicted molar refractivity (Wildman–Crippen MR) is 308 cm³/mol. The van der Waals surface area contributed by atoms with Gasteiger partial charge in [-0.15, -0.1) is 0 Å². The van der Waals surface area contributed by atoms with E-state index in [0.717, 1.165) is 50.7 Å². The van der Waals surface area contributed by atoms with Crippen molar-refractivity contribution in [1.29, 1.82) is 0 Å². The summed E-state index contributed by atoms with van der Waals surface area (Å²) in [6, 6.07) is 45.7. The van der Waals surface area contributed by atoms with Crippen LogP contribution in [0, 0.1) is 35.5 Å². The molecule has 4 aliphatic rings. The molecule has 0 amide bonds. The van der Waals surface area contributed by atoms with Crippen molar-refractivity contribution < 1.29 is 55.8 Å². The van der Waals surface area contributed by atoms with Crippen molar-refractivity contribution in [3.8, 4) is 11.5 Å². The van der Waals surface area contributed by atoms with Crippen LogP contribution in [0.1, 0.15) is 138 Å². The van der Waals surface area contributed by atoms with Gasteiger partial charge in [0.25, 0.3) is 0 Å². The monoisotopic (exact) mass is 1120 g/mol. The third-order valence-electron chi connectivity index (χ3n) is 15.3. The molecule has 1 heterocycles. The van der Waals surface area contributed by atoms with Gasteiger partial charge in [0.2, 0.25) is 6.29 Å². The molecule has 0 spiro atoms. The van der Waals surface area contributed by atoms with Crippen molar-refractivity contribution in [2.75, 3.05) is 13.2 Å². The van der Waals surface area contributed by atoms with Gasteiger partial charge in [-0.1, -0.05) is 141 Å². The van der Waals surface area contributed by atoms with Gasteiger partial charge in [-0.25, -0.2) is 8.42 Å². The lowest BCUT2D eigenvalue weighted by Gasteiger charge is -2.30. The van der Waals surface area contributed by atoms with E-state index in [4.69, 9.17) is 28.4 Å². The van der Waals surface area contributed by atoms with Gasteiger partial charge in [0, 0.05) is 24.2 Å². The molecule has 9 atom stereocenters. The smallest absolute Gasteiger partial charge is 0.310 e. The zero-order valence-electron chi connectivity index (χ0n) is 47.5. The van der Waals surface area contributed by atoms with Crippen molar-refractivity contribution in [1.82, 2.24) is 0 Å². The van der Waals surface area contributed by atoms with E-state index in [9.17, 15) is 27.4 Å². The Morgan fingerprint density at radius 3 is 1.61 bits per heavy atom. The fraction of sp³-hybridized carbons (Fsp3) is 0.492. The van der Waals surface area contributed by atoms with Crippen LogP contribution in [0.4, 0.5) is 0 Å². The standard InChI is InChI=1S/C19H24O5S.C18H15S.C15H28O3.C13H18O4/c1-3-15(2)16-5-7-17(8-6-16)23-13-4-14-24-18-9-11-19(12-10-18)25(20,21)22;1-4-10-16(11-5-1)19(17-12-6-2-7-13-17)18-14-8-3-9-15-18;1-5-12(4)14(16)18-15(11(2)3)17-13-9-7-6-8-10-13;1-3-6(2)12(14)16-10-7-4-8-9(5-7)13(15)17-11(8)10/h5-12,15H,3-4,13-14H2,1-2H3,(H,20,21,22);1-15H;11-13,15H,5-10H2,1-4H3;6-11H,3-5H2,1-2H3/q;+1;;/p-1. The van der Waals surface area contributed by atoms with E-state index < -0.39 is 10.1 Å². The molecule has 3 aliphatic carbocycles. The van der Waals surface area contributed by atoms with Gasteiger partial charge in [-0.3, -0.25) is 14.4 Å². The van der Waals surface area contributed by atoms with Crippen molar-refractivity contribution in [2.45, 2.75) is 176 Å². The lowest BCUT2D eigenvalue weighted by molar-refractivity contribution is -0.208. The molecule has 1 saturated heterocycles. The summed E-state index contributed by atoms with van der Waals surface area (Å²) in [6.07, 6.45) is 10.8. The van der Waals surface area contributed by atoms with Crippen molar-refractivity contribution in [2.24, 2.45) is 35.5 Å². The van der Waals surface area contributed by atoms with Crippen LogP contribution in [0.2, 0.25) is 0 Å². The summed E-state index contributed by atoms with van der Waals surface area (Å²) in [7, 11) is -4.43. The van der Waals surface area contributed by atoms with Crippen LogP contribution < -0.4 is 9.47 Å². The molecule has 1 aliphatic heterocycles. The van der Waals surface area contributed by atoms with E-state index >= 15 is 0 Å². The average molecular weight is 1120 g/mol. The first kappa shape index (κ1) is 62.5. The Bertz CT molecular complexity index is 2610. The van der Waals surface area contributed by atoms with Gasteiger partial charge in [0.05, 0.1) is 52.9 Å². The Hall–Kier alpha value is -5.67. The van der Waals surface area contributed by atoms with Crippen LogP contribution in [0.15, 0.2) is 159 Å². The molecular formula is C65H84O12S2. The summed E-state index contributed by atoms with van der Waals surface area (Å²) in [4.78, 5) is 39.0. The van der Waals surface area contributed by atoms with Crippen LogP contribution in [-0.2, 0) is 54.3 Å². The molecule has 0 aromatic heterocycles. The first-order valence-corrected chi connectivity index (χ1v) is 31.2. The molecule has 9 rings (SSSR count). The molecule has 14 heteroatoms. The van der Waals surface area contributed by atoms with Gasteiger partial charge in [0.1, 0.15) is 33.8 Å². The average Bonchev–Trinajstić information content (AvgIpc) is 4.16. The first-order chi connectivity index (χ1) is 38.0. The minimum Gasteiger partial charge on any atom is -0.744 e. The van der Waals surface area contributed by atoms with Gasteiger partial charge in [-0.05, 0) is 129 Å². The molecule has 4 fully saturated rings. The molecule has 9 unspecified atom stereocenters. The quantitative estimate of drug-likeness (QED) is 0.0171. The van der Waals surface area contributed by atoms with E-state index in [1.807, 2.05) is 53.7 Å². The highest BCUT2D eigenvalue weighted by atomic mass is 32.2. The van der Waals surface area contributed by atoms with E-state index in [1.165, 1.54) is 63.8 Å². The number of esters is 3. The first-order valence-electron chi connectivity index (χ1n) is 28.6. The number of carbonyl (C=O) groups is 3. The van der Waals surface area contributed by atoms with Crippen LogP contribution in [0.5, 0.6) is 11.5 Å². The summed E-state index contributed by atoms with van der Waals surface area (Å²) in [5.41, 5.74) is 1.31. The molecule has 0 N–H and O–H groups in total. The molecule has 0 radical (unpaired) electrons. The summed E-state index contributed by atoms with van der Waals surface area (Å²) in [6.45, 7) is 17.2. The van der Waals surface area contributed by atoms with Crippen LogP contribution in [0.25, 0.3) is 0 Å². The molecule has 5 aromatic carbocycles. The maximum absolute atomic E-state index is 11.8. The van der Waals surface area contributed by atoms with Crippen LogP contribution >= 0.6 is 0 Å². The Kier molecular flexibility index (Phi) is 24.8. The number of benzene rings is 5. The lowest BCUT2D eigenvalue weighted by Crippen LogP contribution is -2.37. The Morgan fingerprint density at radius 1 is 0.646 bits per heavy atom. The van der Waals surface area contributed by atoms with Gasteiger partial charge in [-0.2, -0.15) is 0 Å². The maximum Gasteiger partial charge on any atom is 0.310 e. The molecule has 5 aromatic rings. The summed E-state index contributed by atoms with van der Waals surface area (Å²) < 4.78 is 66.1. The van der Waals surface area contributed by atoms with E-state index in [0.29, 0.717) is 43.1 Å². The lowest BCUT2D eigenvalue weighted by atomic mass is 9.88. The number of hydrogen-bond acceptors (Lipinski definition) is 12. The number of fused-ring (bicyclic) bond motifs is 1. The molecule has 2 bridgehead atoms. The second-order valence-electron chi connectivity index (χ2n) is 21.5. The third kappa shape index (κ3) is 18.7. The summed E-state index contributed by atoms with van der Waals surface area (Å²) in [5, 5.41) is 0. The molecule has 428 valence electrons. The van der Waals surface area contributed by atoms with E-state index in [1.54, 1.807) is 0 Å². The maximum atomic E-state index is 11.8. The van der Waals surface area contributed by atoms with Crippen LogP contribution in [0.3, 0.4) is 0 Å². The van der Waals surface area contributed by atoms with Gasteiger partial charge >= 0.3 is 17.9 Å². The molecular weight excluding hydrogens is 1040 g/mol. The highest BCUT2D eigenvalue weighted by molar-refractivity contribution is 7.97. The Balaban J connectivity index is 0.000000172. The second kappa shape index (κ2) is 31.4. The van der Waals surface area contributed by atoms with E-state index in [-0.39, 0.29) is 82.0 Å². The zero-order valence-corrected chi connectivity index (χ0v) is 49.2. The summed E-state index contributed by atoms with van der Waals surface area (Å²) >= 11 is 0. The minimum absolute atomic E-state index is 0.0146. The number of hydrogen-bond donors (Lipinski definition) is 0. The van der Waals surface area contributed by atoms with Crippen molar-refractivity contribution in [3.05, 3.63) is 145 Å². The second-order valence-corrected chi connectivity index (χ2v) is 24.9. The third-order valence-corrected chi connectivity index (χ3v) is 18.4.